The smallest absolute Gasteiger partial charge is 0.253 e. The van der Waals surface area contributed by atoms with Gasteiger partial charge in [0, 0.05) is 37.3 Å². The maximum Gasteiger partial charge on any atom is 0.253 e. The van der Waals surface area contributed by atoms with Crippen molar-refractivity contribution >= 4 is 33.9 Å². The minimum atomic E-state index is -0.0930. The molecule has 1 aliphatic heterocycles. The first-order valence-corrected chi connectivity index (χ1v) is 11.6. The van der Waals surface area contributed by atoms with Crippen molar-refractivity contribution in [3.8, 4) is 5.75 Å². The first kappa shape index (κ1) is 23.2. The van der Waals surface area contributed by atoms with Gasteiger partial charge in [-0.1, -0.05) is 24.3 Å². The number of aryl methyl sites for hydroxylation is 1. The summed E-state index contributed by atoms with van der Waals surface area (Å²) in [5, 5.41) is 4.87. The Morgan fingerprint density at radius 1 is 1.21 bits per heavy atom. The lowest BCUT2D eigenvalue weighted by atomic mass is 10.1. The van der Waals surface area contributed by atoms with Gasteiger partial charge in [0.1, 0.15) is 5.75 Å². The number of fused-ring (bicyclic) bond motifs is 1. The zero-order valence-electron chi connectivity index (χ0n) is 19.1. The molecule has 0 atom stereocenters. The van der Waals surface area contributed by atoms with Gasteiger partial charge in [-0.15, -0.1) is 0 Å². The van der Waals surface area contributed by atoms with E-state index < -0.39 is 0 Å². The highest BCUT2D eigenvalue weighted by atomic mass is 32.1. The lowest BCUT2D eigenvalue weighted by Crippen LogP contribution is -2.44. The molecule has 8 heteroatoms. The Balaban J connectivity index is 1.57. The van der Waals surface area contributed by atoms with E-state index in [1.165, 1.54) is 0 Å². The van der Waals surface area contributed by atoms with Gasteiger partial charge in [-0.3, -0.25) is 9.69 Å². The van der Waals surface area contributed by atoms with Crippen molar-refractivity contribution in [1.29, 1.82) is 0 Å². The average Bonchev–Trinajstić information content (AvgIpc) is 2.83. The number of nitrogens with zero attached hydrogens (tertiary/aromatic N) is 2. The van der Waals surface area contributed by atoms with E-state index in [4.69, 9.17) is 21.7 Å². The molecule has 2 N–H and O–H groups in total. The molecule has 1 saturated heterocycles. The predicted octanol–water partition coefficient (Wildman–Crippen LogP) is 3.38. The van der Waals surface area contributed by atoms with Crippen molar-refractivity contribution in [1.82, 2.24) is 14.8 Å². The standard InChI is InChI=1S/C25H30N4O3S/c1-18-7-8-19-16-20(24(30)26-22(19)15-18)17-29(10-9-28-11-13-32-14-12-28)25(33)27-21-5-3-4-6-23(21)31-2/h3-8,15-16H,9-14,17H2,1-2H3,(H,26,30)(H,27,33). The number of hydrogen-bond acceptors (Lipinski definition) is 5. The Morgan fingerprint density at radius 3 is 2.79 bits per heavy atom. The zero-order valence-corrected chi connectivity index (χ0v) is 19.9. The molecule has 0 unspecified atom stereocenters. The number of pyridine rings is 1. The monoisotopic (exact) mass is 466 g/mol. The molecule has 0 spiro atoms. The van der Waals surface area contributed by atoms with Crippen molar-refractivity contribution in [2.45, 2.75) is 13.5 Å². The van der Waals surface area contributed by atoms with E-state index in [1.807, 2.05) is 54.3 Å². The number of morpholine rings is 1. The third kappa shape index (κ3) is 5.90. The Morgan fingerprint density at radius 2 is 2.00 bits per heavy atom. The van der Waals surface area contributed by atoms with Crippen LogP contribution in [0, 0.1) is 6.92 Å². The van der Waals surface area contributed by atoms with Crippen LogP contribution < -0.4 is 15.6 Å². The van der Waals surface area contributed by atoms with E-state index in [2.05, 4.69) is 21.3 Å². The summed E-state index contributed by atoms with van der Waals surface area (Å²) in [7, 11) is 1.64. The molecule has 4 rings (SSSR count). The number of nitrogens with one attached hydrogen (secondary N) is 2. The maximum atomic E-state index is 12.9. The number of H-pyrrole nitrogens is 1. The molecule has 0 radical (unpaired) electrons. The minimum absolute atomic E-state index is 0.0930. The molecular formula is C25H30N4O3S. The Bertz CT molecular complexity index is 1170. The molecule has 1 aliphatic rings. The van der Waals surface area contributed by atoms with Gasteiger partial charge in [-0.2, -0.15) is 0 Å². The van der Waals surface area contributed by atoms with Crippen molar-refractivity contribution < 1.29 is 9.47 Å². The molecule has 2 aromatic carbocycles. The highest BCUT2D eigenvalue weighted by molar-refractivity contribution is 7.80. The number of methoxy groups -OCH3 is 1. The normalized spacial score (nSPS) is 14.2. The van der Waals surface area contributed by atoms with E-state index in [0.29, 0.717) is 29.5 Å². The van der Waals surface area contributed by atoms with E-state index in [-0.39, 0.29) is 5.56 Å². The summed E-state index contributed by atoms with van der Waals surface area (Å²) in [5.74, 6) is 0.715. The fourth-order valence-corrected chi connectivity index (χ4v) is 4.23. The summed E-state index contributed by atoms with van der Waals surface area (Å²) in [6, 6.07) is 15.7. The van der Waals surface area contributed by atoms with Crippen LogP contribution in [0.2, 0.25) is 0 Å². The summed E-state index contributed by atoms with van der Waals surface area (Å²) in [6.07, 6.45) is 0. The SMILES string of the molecule is COc1ccccc1NC(=S)N(CCN1CCOCC1)Cc1cc2ccc(C)cc2[nH]c1=O. The second-order valence-corrected chi connectivity index (χ2v) is 8.61. The van der Waals surface area contributed by atoms with E-state index in [9.17, 15) is 4.79 Å². The molecule has 0 amide bonds. The van der Waals surface area contributed by atoms with Gasteiger partial charge in [0.2, 0.25) is 0 Å². The lowest BCUT2D eigenvalue weighted by molar-refractivity contribution is 0.0358. The number of benzene rings is 2. The Labute approximate surface area is 199 Å². The number of rotatable bonds is 7. The number of aromatic nitrogens is 1. The zero-order chi connectivity index (χ0) is 23.2. The van der Waals surface area contributed by atoms with Crippen LogP contribution in [0.3, 0.4) is 0 Å². The maximum absolute atomic E-state index is 12.9. The van der Waals surface area contributed by atoms with Crippen LogP contribution in [0.1, 0.15) is 11.1 Å². The molecule has 0 saturated carbocycles. The van der Waals surface area contributed by atoms with Crippen molar-refractivity contribution in [3.63, 3.8) is 0 Å². The van der Waals surface area contributed by atoms with Gasteiger partial charge >= 0.3 is 0 Å². The molecule has 0 aliphatic carbocycles. The second-order valence-electron chi connectivity index (χ2n) is 8.22. The van der Waals surface area contributed by atoms with Crippen molar-refractivity contribution in [2.24, 2.45) is 0 Å². The van der Waals surface area contributed by atoms with Crippen molar-refractivity contribution in [2.75, 3.05) is 51.8 Å². The second kappa shape index (κ2) is 10.8. The van der Waals surface area contributed by atoms with Crippen LogP contribution in [0.5, 0.6) is 5.75 Å². The molecule has 1 aromatic heterocycles. The number of para-hydroxylation sites is 2. The lowest BCUT2D eigenvalue weighted by Gasteiger charge is -2.31. The molecule has 2 heterocycles. The van der Waals surface area contributed by atoms with Crippen LogP contribution in [-0.2, 0) is 11.3 Å². The van der Waals surface area contributed by atoms with E-state index >= 15 is 0 Å². The summed E-state index contributed by atoms with van der Waals surface area (Å²) in [6.45, 7) is 7.23. The molecule has 0 bridgehead atoms. The molecule has 7 nitrogen and oxygen atoms in total. The van der Waals surface area contributed by atoms with Crippen molar-refractivity contribution in [3.05, 3.63) is 70.0 Å². The summed E-state index contributed by atoms with van der Waals surface area (Å²) < 4.78 is 10.9. The molecule has 174 valence electrons. The number of ether oxygens (including phenoxy) is 2. The third-order valence-corrected chi connectivity index (χ3v) is 6.23. The molecule has 33 heavy (non-hydrogen) atoms. The third-order valence-electron chi connectivity index (χ3n) is 5.87. The fraction of sp³-hybridized carbons (Fsp3) is 0.360. The number of aromatic amines is 1. The van der Waals surface area contributed by atoms with Gasteiger partial charge in [-0.05, 0) is 54.4 Å². The van der Waals surface area contributed by atoms with Gasteiger partial charge < -0.3 is 24.7 Å². The van der Waals surface area contributed by atoms with Gasteiger partial charge in [0.25, 0.3) is 5.56 Å². The van der Waals surface area contributed by atoms with Gasteiger partial charge in [0.05, 0.1) is 32.6 Å². The summed E-state index contributed by atoms with van der Waals surface area (Å²) in [4.78, 5) is 20.3. The topological polar surface area (TPSA) is 69.8 Å². The van der Waals surface area contributed by atoms with E-state index in [0.717, 1.165) is 55.0 Å². The highest BCUT2D eigenvalue weighted by Crippen LogP contribution is 2.24. The first-order chi connectivity index (χ1) is 16.0. The van der Waals surface area contributed by atoms with Crippen LogP contribution in [0.4, 0.5) is 5.69 Å². The largest absolute Gasteiger partial charge is 0.495 e. The number of anilines is 1. The minimum Gasteiger partial charge on any atom is -0.495 e. The Kier molecular flexibility index (Phi) is 7.59. The van der Waals surface area contributed by atoms with Crippen LogP contribution in [0.25, 0.3) is 10.9 Å². The first-order valence-electron chi connectivity index (χ1n) is 11.1. The Hall–Kier alpha value is -2.94. The quantitative estimate of drug-likeness (QED) is 0.518. The van der Waals surface area contributed by atoms with Crippen LogP contribution in [0.15, 0.2) is 53.3 Å². The molecule has 3 aromatic rings. The van der Waals surface area contributed by atoms with Crippen LogP contribution >= 0.6 is 12.2 Å². The van der Waals surface area contributed by atoms with E-state index in [1.54, 1.807) is 7.11 Å². The fourth-order valence-electron chi connectivity index (χ4n) is 3.96. The van der Waals surface area contributed by atoms with Gasteiger partial charge in [0.15, 0.2) is 5.11 Å². The average molecular weight is 467 g/mol. The summed E-state index contributed by atoms with van der Waals surface area (Å²) in [5.41, 5.74) is 3.34. The van der Waals surface area contributed by atoms with Crippen LogP contribution in [-0.4, -0.2) is 66.4 Å². The number of hydrogen-bond donors (Lipinski definition) is 2. The molecule has 1 fully saturated rings. The summed E-state index contributed by atoms with van der Waals surface area (Å²) >= 11 is 5.79. The molecular weight excluding hydrogens is 436 g/mol. The predicted molar refractivity (Wildman–Crippen MR) is 136 cm³/mol. The van der Waals surface area contributed by atoms with Gasteiger partial charge in [-0.25, -0.2) is 0 Å². The highest BCUT2D eigenvalue weighted by Gasteiger charge is 2.18. The number of thiocarbonyl (C=S) groups is 1.